The predicted octanol–water partition coefficient (Wildman–Crippen LogP) is 3.14. The molecule has 0 amide bonds. The molecule has 21 heavy (non-hydrogen) atoms. The largest absolute Gasteiger partial charge is 0.495 e. The maximum absolute atomic E-state index is 9.35. The second kappa shape index (κ2) is 5.00. The number of benzene rings is 2. The van der Waals surface area contributed by atoms with Crippen LogP contribution in [0.3, 0.4) is 0 Å². The standard InChI is InChI=1S/C15H11ClN4O/c1-21-12-7-2-4-9(8-17)14(12)20-11-6-3-5-10(16)13(11)19-15(20)18/h2-7H,1H3,(H2,18,19). The van der Waals surface area contributed by atoms with Crippen LogP contribution in [0.5, 0.6) is 5.75 Å². The Balaban J connectivity index is 2.45. The van der Waals surface area contributed by atoms with Crippen molar-refractivity contribution in [1.82, 2.24) is 9.55 Å². The van der Waals surface area contributed by atoms with Crippen molar-refractivity contribution in [3.8, 4) is 17.5 Å². The summed E-state index contributed by atoms with van der Waals surface area (Å²) in [6.45, 7) is 0. The van der Waals surface area contributed by atoms with Crippen molar-refractivity contribution in [2.24, 2.45) is 0 Å². The highest BCUT2D eigenvalue weighted by atomic mass is 35.5. The lowest BCUT2D eigenvalue weighted by molar-refractivity contribution is 0.413. The predicted molar refractivity (Wildman–Crippen MR) is 81.8 cm³/mol. The molecule has 0 radical (unpaired) electrons. The van der Waals surface area contributed by atoms with Crippen LogP contribution in [0.2, 0.25) is 5.02 Å². The minimum absolute atomic E-state index is 0.249. The van der Waals surface area contributed by atoms with E-state index in [1.165, 1.54) is 0 Å². The SMILES string of the molecule is COc1cccc(C#N)c1-n1c(N)nc2c(Cl)cccc21. The van der Waals surface area contributed by atoms with Gasteiger partial charge in [0, 0.05) is 0 Å². The van der Waals surface area contributed by atoms with Crippen molar-refractivity contribution < 1.29 is 4.74 Å². The zero-order valence-corrected chi connectivity index (χ0v) is 11.9. The van der Waals surface area contributed by atoms with Gasteiger partial charge in [0.2, 0.25) is 5.95 Å². The number of aromatic nitrogens is 2. The van der Waals surface area contributed by atoms with E-state index in [0.29, 0.717) is 27.5 Å². The van der Waals surface area contributed by atoms with Crippen molar-refractivity contribution in [1.29, 1.82) is 5.26 Å². The first-order valence-corrected chi connectivity index (χ1v) is 6.55. The number of para-hydroxylation sites is 2. The summed E-state index contributed by atoms with van der Waals surface area (Å²) in [7, 11) is 1.54. The lowest BCUT2D eigenvalue weighted by Gasteiger charge is -2.13. The summed E-state index contributed by atoms with van der Waals surface area (Å²) in [4.78, 5) is 4.28. The minimum atomic E-state index is 0.249. The van der Waals surface area contributed by atoms with Gasteiger partial charge in [-0.15, -0.1) is 0 Å². The number of hydrogen-bond donors (Lipinski definition) is 1. The van der Waals surface area contributed by atoms with Gasteiger partial charge in [0.05, 0.1) is 23.2 Å². The van der Waals surface area contributed by atoms with Gasteiger partial charge in [-0.3, -0.25) is 4.57 Å². The van der Waals surface area contributed by atoms with Crippen LogP contribution in [0.15, 0.2) is 36.4 Å². The van der Waals surface area contributed by atoms with Crippen LogP contribution in [0.1, 0.15) is 5.56 Å². The van der Waals surface area contributed by atoms with Gasteiger partial charge in [0.15, 0.2) is 0 Å². The molecule has 0 aliphatic heterocycles. The summed E-state index contributed by atoms with van der Waals surface area (Å²) in [6.07, 6.45) is 0. The quantitative estimate of drug-likeness (QED) is 0.788. The number of halogens is 1. The van der Waals surface area contributed by atoms with Gasteiger partial charge in [0.1, 0.15) is 23.0 Å². The molecular formula is C15H11ClN4O. The van der Waals surface area contributed by atoms with Gasteiger partial charge in [-0.05, 0) is 24.3 Å². The summed E-state index contributed by atoms with van der Waals surface area (Å²) in [5.41, 5.74) is 8.35. The number of imidazole rings is 1. The molecule has 2 N–H and O–H groups in total. The summed E-state index contributed by atoms with van der Waals surface area (Å²) in [6, 6.07) is 12.8. The van der Waals surface area contributed by atoms with E-state index in [0.717, 1.165) is 5.52 Å². The number of fused-ring (bicyclic) bond motifs is 1. The van der Waals surface area contributed by atoms with Crippen molar-refractivity contribution >= 4 is 28.6 Å². The summed E-state index contributed by atoms with van der Waals surface area (Å²) in [5, 5.41) is 9.85. The first-order valence-electron chi connectivity index (χ1n) is 6.17. The molecule has 1 heterocycles. The zero-order valence-electron chi connectivity index (χ0n) is 11.2. The van der Waals surface area contributed by atoms with Crippen LogP contribution >= 0.6 is 11.6 Å². The topological polar surface area (TPSA) is 76.9 Å². The number of ether oxygens (including phenoxy) is 1. The molecule has 0 fully saturated rings. The maximum atomic E-state index is 9.35. The fourth-order valence-corrected chi connectivity index (χ4v) is 2.54. The lowest BCUT2D eigenvalue weighted by Crippen LogP contribution is -2.05. The second-order valence-corrected chi connectivity index (χ2v) is 4.79. The first-order chi connectivity index (χ1) is 10.2. The second-order valence-electron chi connectivity index (χ2n) is 4.38. The van der Waals surface area contributed by atoms with Crippen molar-refractivity contribution in [3.63, 3.8) is 0 Å². The number of hydrogen-bond acceptors (Lipinski definition) is 4. The van der Waals surface area contributed by atoms with E-state index >= 15 is 0 Å². The molecule has 3 aromatic rings. The molecule has 6 heteroatoms. The molecule has 0 bridgehead atoms. The molecule has 0 aliphatic rings. The molecule has 0 spiro atoms. The molecule has 0 unspecified atom stereocenters. The van der Waals surface area contributed by atoms with Gasteiger partial charge in [-0.25, -0.2) is 4.98 Å². The molecule has 0 saturated carbocycles. The van der Waals surface area contributed by atoms with Crippen LogP contribution in [-0.4, -0.2) is 16.7 Å². The van der Waals surface area contributed by atoms with E-state index in [9.17, 15) is 5.26 Å². The molecule has 5 nitrogen and oxygen atoms in total. The highest BCUT2D eigenvalue weighted by Gasteiger charge is 2.18. The Bertz CT molecular complexity index is 879. The zero-order chi connectivity index (χ0) is 15.0. The molecule has 3 rings (SSSR count). The van der Waals surface area contributed by atoms with E-state index in [2.05, 4.69) is 11.1 Å². The van der Waals surface area contributed by atoms with Crippen LogP contribution in [0.25, 0.3) is 16.7 Å². The van der Waals surface area contributed by atoms with Crippen molar-refractivity contribution in [2.45, 2.75) is 0 Å². The average molecular weight is 299 g/mol. The van der Waals surface area contributed by atoms with E-state index in [-0.39, 0.29) is 5.95 Å². The fraction of sp³-hybridized carbons (Fsp3) is 0.0667. The monoisotopic (exact) mass is 298 g/mol. The third-order valence-corrected chi connectivity index (χ3v) is 3.53. The van der Waals surface area contributed by atoms with Crippen molar-refractivity contribution in [2.75, 3.05) is 12.8 Å². The molecule has 0 saturated heterocycles. The minimum Gasteiger partial charge on any atom is -0.495 e. The molecular weight excluding hydrogens is 288 g/mol. The van der Waals surface area contributed by atoms with E-state index in [4.69, 9.17) is 22.1 Å². The number of rotatable bonds is 2. The number of anilines is 1. The molecule has 0 aliphatic carbocycles. The Hall–Kier alpha value is -2.71. The van der Waals surface area contributed by atoms with Gasteiger partial charge in [-0.2, -0.15) is 5.26 Å². The Morgan fingerprint density at radius 2 is 2.05 bits per heavy atom. The Labute approximate surface area is 126 Å². The van der Waals surface area contributed by atoms with Gasteiger partial charge in [0.25, 0.3) is 0 Å². The third-order valence-electron chi connectivity index (χ3n) is 3.22. The third kappa shape index (κ3) is 1.97. The average Bonchev–Trinajstić information content (AvgIpc) is 2.83. The Morgan fingerprint density at radius 3 is 2.76 bits per heavy atom. The molecule has 104 valence electrons. The lowest BCUT2D eigenvalue weighted by atomic mass is 10.1. The summed E-state index contributed by atoms with van der Waals surface area (Å²) >= 11 is 6.15. The van der Waals surface area contributed by atoms with Crippen LogP contribution < -0.4 is 10.5 Å². The first kappa shape index (κ1) is 13.3. The number of methoxy groups -OCH3 is 1. The maximum Gasteiger partial charge on any atom is 0.206 e. The Morgan fingerprint density at radius 1 is 1.29 bits per heavy atom. The van der Waals surface area contributed by atoms with Crippen LogP contribution in [0.4, 0.5) is 5.95 Å². The summed E-state index contributed by atoms with van der Waals surface area (Å²) in [5.74, 6) is 0.791. The molecule has 2 aromatic carbocycles. The van der Waals surface area contributed by atoms with E-state index in [1.807, 2.05) is 12.1 Å². The smallest absolute Gasteiger partial charge is 0.206 e. The van der Waals surface area contributed by atoms with Crippen LogP contribution in [-0.2, 0) is 0 Å². The van der Waals surface area contributed by atoms with Gasteiger partial charge < -0.3 is 10.5 Å². The Kier molecular flexibility index (Phi) is 3.16. The normalized spacial score (nSPS) is 10.5. The summed E-state index contributed by atoms with van der Waals surface area (Å²) < 4.78 is 7.04. The van der Waals surface area contributed by atoms with Crippen LogP contribution in [0, 0.1) is 11.3 Å². The molecule has 1 aromatic heterocycles. The van der Waals surface area contributed by atoms with E-state index in [1.54, 1.807) is 35.9 Å². The van der Waals surface area contributed by atoms with Gasteiger partial charge >= 0.3 is 0 Å². The number of nitrogen functional groups attached to an aromatic ring is 1. The van der Waals surface area contributed by atoms with E-state index < -0.39 is 0 Å². The van der Waals surface area contributed by atoms with Gasteiger partial charge in [-0.1, -0.05) is 23.7 Å². The number of nitrogens with two attached hydrogens (primary N) is 1. The molecule has 0 atom stereocenters. The van der Waals surface area contributed by atoms with Crippen molar-refractivity contribution in [3.05, 3.63) is 47.0 Å². The fourth-order valence-electron chi connectivity index (χ4n) is 2.33. The highest BCUT2D eigenvalue weighted by molar-refractivity contribution is 6.35. The number of nitrogens with zero attached hydrogens (tertiary/aromatic N) is 3. The highest BCUT2D eigenvalue weighted by Crippen LogP contribution is 2.34. The number of nitriles is 1.